The highest BCUT2D eigenvalue weighted by molar-refractivity contribution is 6.02. The van der Waals surface area contributed by atoms with Crippen molar-refractivity contribution in [3.8, 4) is 0 Å². The third-order valence-corrected chi connectivity index (χ3v) is 5.51. The molecule has 3 heteroatoms. The fraction of sp³-hybridized carbons (Fsp3) is 0.321. The quantitative estimate of drug-likeness (QED) is 0.380. The van der Waals surface area contributed by atoms with Crippen LogP contribution in [0.25, 0.3) is 0 Å². The van der Waals surface area contributed by atoms with Gasteiger partial charge in [0.2, 0.25) is 0 Å². The van der Waals surface area contributed by atoms with Gasteiger partial charge in [-0.25, -0.2) is 4.98 Å². The molecule has 0 fully saturated rings. The van der Waals surface area contributed by atoms with Crippen molar-refractivity contribution in [2.24, 2.45) is 9.98 Å². The van der Waals surface area contributed by atoms with Crippen LogP contribution in [0.15, 0.2) is 70.6 Å². The third-order valence-electron chi connectivity index (χ3n) is 5.51. The van der Waals surface area contributed by atoms with Gasteiger partial charge in [0, 0.05) is 0 Å². The van der Waals surface area contributed by atoms with Crippen LogP contribution in [0.1, 0.15) is 81.5 Å². The van der Waals surface area contributed by atoms with Crippen molar-refractivity contribution >= 4 is 22.8 Å². The maximum atomic E-state index is 4.99. The zero-order valence-corrected chi connectivity index (χ0v) is 19.8. The topological polar surface area (TPSA) is 37.6 Å². The summed E-state index contributed by atoms with van der Waals surface area (Å²) in [7, 11) is 0. The molecule has 0 amide bonds. The predicted octanol–water partition coefficient (Wildman–Crippen LogP) is 7.92. The van der Waals surface area contributed by atoms with Gasteiger partial charge in [0.15, 0.2) is 0 Å². The molecule has 1 aromatic heterocycles. The summed E-state index contributed by atoms with van der Waals surface area (Å²) in [5.41, 5.74) is 9.32. The summed E-state index contributed by atoms with van der Waals surface area (Å²) >= 11 is 0. The van der Waals surface area contributed by atoms with Crippen molar-refractivity contribution in [1.29, 1.82) is 0 Å². The number of aliphatic imine (C=N–C) groups is 2. The van der Waals surface area contributed by atoms with E-state index in [1.165, 1.54) is 16.7 Å². The summed E-state index contributed by atoms with van der Waals surface area (Å²) in [6, 6.07) is 20.8. The average molecular weight is 412 g/mol. The molecule has 0 unspecified atom stereocenters. The number of aromatic nitrogens is 1. The first-order valence-electron chi connectivity index (χ1n) is 11.0. The minimum atomic E-state index is 0.418. The van der Waals surface area contributed by atoms with E-state index in [9.17, 15) is 0 Å². The van der Waals surface area contributed by atoms with Crippen LogP contribution < -0.4 is 0 Å². The van der Waals surface area contributed by atoms with Crippen LogP contribution in [-0.2, 0) is 0 Å². The Morgan fingerprint density at radius 2 is 1.23 bits per heavy atom. The van der Waals surface area contributed by atoms with Crippen molar-refractivity contribution in [3.05, 3.63) is 88.7 Å². The molecule has 0 aliphatic rings. The maximum Gasteiger partial charge on any atom is 0.0849 e. The van der Waals surface area contributed by atoms with E-state index in [0.717, 1.165) is 34.2 Å². The number of pyridine rings is 1. The van der Waals surface area contributed by atoms with E-state index in [-0.39, 0.29) is 0 Å². The molecule has 0 saturated carbocycles. The molecule has 2 aromatic carbocycles. The van der Waals surface area contributed by atoms with E-state index in [1.54, 1.807) is 0 Å². The fourth-order valence-corrected chi connectivity index (χ4v) is 3.68. The molecule has 3 rings (SSSR count). The summed E-state index contributed by atoms with van der Waals surface area (Å²) in [5, 5.41) is 0. The van der Waals surface area contributed by atoms with Crippen LogP contribution in [0.3, 0.4) is 0 Å². The van der Waals surface area contributed by atoms with Gasteiger partial charge in [-0.3, -0.25) is 9.98 Å². The molecule has 0 bridgehead atoms. The van der Waals surface area contributed by atoms with Gasteiger partial charge in [-0.05, 0) is 67.5 Å². The number of hydrogen-bond donors (Lipinski definition) is 0. The second-order valence-corrected chi connectivity index (χ2v) is 8.68. The summed E-state index contributed by atoms with van der Waals surface area (Å²) in [6.45, 7) is 15.0. The van der Waals surface area contributed by atoms with Gasteiger partial charge >= 0.3 is 0 Å². The second-order valence-electron chi connectivity index (χ2n) is 8.68. The Hall–Kier alpha value is -3.07. The Morgan fingerprint density at radius 1 is 0.677 bits per heavy atom. The number of aryl methyl sites for hydroxylation is 1. The number of benzene rings is 2. The zero-order valence-electron chi connectivity index (χ0n) is 19.8. The molecule has 0 aliphatic heterocycles. The standard InChI is InChI=1S/C28H33N3/c1-18(2)23-13-8-9-15-27(23)29-21(6)25-16-11-17-26(31-25)22(7)30-28-20(5)12-10-14-24(28)19(3)4/h8-19H,1-7H3/b29-21+,30-22-. The molecule has 0 saturated heterocycles. The summed E-state index contributed by atoms with van der Waals surface area (Å²) < 4.78 is 0. The smallest absolute Gasteiger partial charge is 0.0849 e. The van der Waals surface area contributed by atoms with Crippen molar-refractivity contribution in [1.82, 2.24) is 4.98 Å². The highest BCUT2D eigenvalue weighted by Gasteiger charge is 2.11. The normalized spacial score (nSPS) is 12.7. The molecule has 160 valence electrons. The SMILES string of the molecule is C/C(=N/c1c(C)cccc1C(C)C)c1cccc(/C(C)=N/c2ccccc2C(C)C)n1. The Balaban J connectivity index is 1.99. The minimum absolute atomic E-state index is 0.418. The molecule has 1 heterocycles. The Bertz CT molecular complexity index is 1120. The van der Waals surface area contributed by atoms with Crippen LogP contribution in [0.2, 0.25) is 0 Å². The highest BCUT2D eigenvalue weighted by Crippen LogP contribution is 2.31. The molecule has 0 atom stereocenters. The lowest BCUT2D eigenvalue weighted by atomic mass is 9.98. The van der Waals surface area contributed by atoms with Crippen LogP contribution in [0, 0.1) is 6.92 Å². The lowest BCUT2D eigenvalue weighted by Gasteiger charge is -2.13. The summed E-state index contributed by atoms with van der Waals surface area (Å²) in [5.74, 6) is 0.840. The maximum absolute atomic E-state index is 4.99. The molecule has 3 nitrogen and oxygen atoms in total. The highest BCUT2D eigenvalue weighted by atomic mass is 14.8. The van der Waals surface area contributed by atoms with Crippen LogP contribution in [-0.4, -0.2) is 16.4 Å². The summed E-state index contributed by atoms with van der Waals surface area (Å²) in [4.78, 5) is 14.8. The first-order valence-corrected chi connectivity index (χ1v) is 11.0. The van der Waals surface area contributed by atoms with Crippen LogP contribution in [0.4, 0.5) is 11.4 Å². The van der Waals surface area contributed by atoms with Crippen LogP contribution >= 0.6 is 0 Å². The van der Waals surface area contributed by atoms with Gasteiger partial charge in [-0.1, -0.05) is 70.2 Å². The monoisotopic (exact) mass is 411 g/mol. The average Bonchev–Trinajstić information content (AvgIpc) is 2.75. The molecule has 0 N–H and O–H groups in total. The molecule has 0 aliphatic carbocycles. The van der Waals surface area contributed by atoms with E-state index in [4.69, 9.17) is 15.0 Å². The van der Waals surface area contributed by atoms with E-state index >= 15 is 0 Å². The molecular formula is C28H33N3. The summed E-state index contributed by atoms with van der Waals surface area (Å²) in [6.07, 6.45) is 0. The number of nitrogens with zero attached hydrogens (tertiary/aromatic N) is 3. The fourth-order valence-electron chi connectivity index (χ4n) is 3.68. The Kier molecular flexibility index (Phi) is 7.17. The third kappa shape index (κ3) is 5.35. The first kappa shape index (κ1) is 22.6. The lowest BCUT2D eigenvalue weighted by Crippen LogP contribution is -2.05. The molecule has 31 heavy (non-hydrogen) atoms. The molecule has 0 spiro atoms. The minimum Gasteiger partial charge on any atom is -0.251 e. The lowest BCUT2D eigenvalue weighted by molar-refractivity contribution is 0.865. The molecule has 0 radical (unpaired) electrons. The van der Waals surface area contributed by atoms with Gasteiger partial charge in [0.1, 0.15) is 0 Å². The zero-order chi connectivity index (χ0) is 22.5. The van der Waals surface area contributed by atoms with Gasteiger partial charge in [-0.15, -0.1) is 0 Å². The largest absolute Gasteiger partial charge is 0.251 e. The van der Waals surface area contributed by atoms with E-state index in [0.29, 0.717) is 11.8 Å². The van der Waals surface area contributed by atoms with Crippen molar-refractivity contribution in [2.45, 2.75) is 60.3 Å². The van der Waals surface area contributed by atoms with E-state index < -0.39 is 0 Å². The van der Waals surface area contributed by atoms with E-state index in [1.807, 2.05) is 38.1 Å². The number of rotatable bonds is 6. The second kappa shape index (κ2) is 9.82. The number of para-hydroxylation sites is 2. The Labute approximate surface area is 187 Å². The van der Waals surface area contributed by atoms with Crippen molar-refractivity contribution in [3.63, 3.8) is 0 Å². The predicted molar refractivity (Wildman–Crippen MR) is 134 cm³/mol. The molecular weight excluding hydrogens is 378 g/mol. The van der Waals surface area contributed by atoms with Gasteiger partial charge in [0.25, 0.3) is 0 Å². The van der Waals surface area contributed by atoms with Crippen molar-refractivity contribution < 1.29 is 0 Å². The van der Waals surface area contributed by atoms with Crippen molar-refractivity contribution in [2.75, 3.05) is 0 Å². The van der Waals surface area contributed by atoms with Gasteiger partial charge in [0.05, 0.1) is 34.2 Å². The molecule has 3 aromatic rings. The van der Waals surface area contributed by atoms with Gasteiger partial charge in [-0.2, -0.15) is 0 Å². The number of hydrogen-bond acceptors (Lipinski definition) is 3. The van der Waals surface area contributed by atoms with Gasteiger partial charge < -0.3 is 0 Å². The van der Waals surface area contributed by atoms with E-state index in [2.05, 4.69) is 71.0 Å². The Morgan fingerprint density at radius 3 is 1.87 bits per heavy atom. The van der Waals surface area contributed by atoms with Crippen LogP contribution in [0.5, 0.6) is 0 Å². The first-order chi connectivity index (χ1) is 14.8.